The number of carbonyl (C=O) groups is 1. The minimum absolute atomic E-state index is 0.105. The maximum Gasteiger partial charge on any atom is 0.284 e. The number of ether oxygens (including phenoxy) is 4. The van der Waals surface area contributed by atoms with Crippen molar-refractivity contribution in [1.29, 1.82) is 0 Å². The third-order valence-electron chi connectivity index (χ3n) is 5.58. The van der Waals surface area contributed by atoms with Crippen LogP contribution >= 0.6 is 0 Å². The number of nitrogens with one attached hydrogen (secondary N) is 1. The highest BCUT2D eigenvalue weighted by atomic mass is 16.6. The molecule has 4 aromatic rings. The van der Waals surface area contributed by atoms with E-state index in [4.69, 9.17) is 18.9 Å². The van der Waals surface area contributed by atoms with Crippen LogP contribution < -0.4 is 24.4 Å². The molecule has 0 spiro atoms. The van der Waals surface area contributed by atoms with Crippen molar-refractivity contribution in [1.82, 2.24) is 5.43 Å². The van der Waals surface area contributed by atoms with Crippen LogP contribution in [0.2, 0.25) is 0 Å². The predicted molar refractivity (Wildman–Crippen MR) is 133 cm³/mol. The van der Waals surface area contributed by atoms with Crippen LogP contribution in [-0.2, 0) is 11.4 Å². The number of amides is 1. The van der Waals surface area contributed by atoms with Crippen molar-refractivity contribution < 1.29 is 23.7 Å². The summed E-state index contributed by atoms with van der Waals surface area (Å²) < 4.78 is 23.0. The van der Waals surface area contributed by atoms with Crippen LogP contribution in [0.4, 0.5) is 0 Å². The first-order valence-corrected chi connectivity index (χ1v) is 11.2. The Morgan fingerprint density at radius 1 is 0.971 bits per heavy atom. The Bertz CT molecular complexity index is 1370. The molecule has 1 N–H and O–H groups in total. The van der Waals surface area contributed by atoms with E-state index in [0.29, 0.717) is 29.6 Å². The Morgan fingerprint density at radius 3 is 2.49 bits per heavy atom. The Balaban J connectivity index is 1.19. The van der Waals surface area contributed by atoms with Gasteiger partial charge in [0.25, 0.3) is 5.91 Å². The number of benzene rings is 4. The highest BCUT2D eigenvalue weighted by Crippen LogP contribution is 2.36. The summed E-state index contributed by atoms with van der Waals surface area (Å²) in [6.45, 7) is 0.539. The normalized spacial score (nSPS) is 14.6. The van der Waals surface area contributed by atoms with E-state index in [1.54, 1.807) is 13.2 Å². The van der Waals surface area contributed by atoms with Crippen molar-refractivity contribution in [2.75, 3.05) is 13.7 Å². The fourth-order valence-electron chi connectivity index (χ4n) is 3.75. The Kier molecular flexibility index (Phi) is 6.48. The van der Waals surface area contributed by atoms with Gasteiger partial charge in [-0.1, -0.05) is 54.6 Å². The van der Waals surface area contributed by atoms with E-state index >= 15 is 0 Å². The van der Waals surface area contributed by atoms with Gasteiger partial charge in [0, 0.05) is 0 Å². The second-order valence-electron chi connectivity index (χ2n) is 7.98. The summed E-state index contributed by atoms with van der Waals surface area (Å²) in [4.78, 5) is 12.6. The number of nitrogens with zero attached hydrogens (tertiary/aromatic N) is 1. The van der Waals surface area contributed by atoms with Crippen molar-refractivity contribution in [3.05, 3.63) is 96.1 Å². The number of hydrogen-bond acceptors (Lipinski definition) is 6. The topological polar surface area (TPSA) is 78.4 Å². The number of carbonyl (C=O) groups excluding carboxylic acids is 1. The minimum Gasteiger partial charge on any atom is -0.493 e. The number of hydrogen-bond donors (Lipinski definition) is 1. The van der Waals surface area contributed by atoms with Gasteiger partial charge in [-0.25, -0.2) is 5.43 Å². The fraction of sp³-hybridized carbons (Fsp3) is 0.143. The molecule has 0 aromatic heterocycles. The molecule has 5 rings (SSSR count). The zero-order chi connectivity index (χ0) is 24.0. The van der Waals surface area contributed by atoms with Crippen molar-refractivity contribution in [2.24, 2.45) is 5.10 Å². The Labute approximate surface area is 202 Å². The molecule has 0 saturated carbocycles. The molecule has 35 heavy (non-hydrogen) atoms. The second-order valence-corrected chi connectivity index (χ2v) is 7.98. The molecule has 0 fully saturated rings. The zero-order valence-corrected chi connectivity index (χ0v) is 19.1. The molecular weight excluding hydrogens is 444 g/mol. The van der Waals surface area contributed by atoms with Crippen LogP contribution in [0.1, 0.15) is 11.1 Å². The van der Waals surface area contributed by atoms with Gasteiger partial charge >= 0.3 is 0 Å². The highest BCUT2D eigenvalue weighted by molar-refractivity contribution is 5.88. The van der Waals surface area contributed by atoms with E-state index in [1.165, 1.54) is 6.21 Å². The number of rotatable bonds is 7. The third-order valence-corrected chi connectivity index (χ3v) is 5.58. The van der Waals surface area contributed by atoms with E-state index in [2.05, 4.69) is 10.5 Å². The van der Waals surface area contributed by atoms with Gasteiger partial charge in [-0.2, -0.15) is 5.10 Å². The van der Waals surface area contributed by atoms with Crippen LogP contribution in [0.5, 0.6) is 23.0 Å². The molecule has 4 aromatic carbocycles. The molecule has 0 aliphatic carbocycles. The summed E-state index contributed by atoms with van der Waals surface area (Å²) in [5.74, 6) is 1.96. The van der Waals surface area contributed by atoms with Crippen molar-refractivity contribution in [3.63, 3.8) is 0 Å². The zero-order valence-electron chi connectivity index (χ0n) is 19.1. The van der Waals surface area contributed by atoms with E-state index in [1.807, 2.05) is 78.9 Å². The lowest BCUT2D eigenvalue weighted by molar-refractivity contribution is -0.130. The summed E-state index contributed by atoms with van der Waals surface area (Å²) in [5.41, 5.74) is 4.33. The van der Waals surface area contributed by atoms with E-state index in [9.17, 15) is 4.79 Å². The Morgan fingerprint density at radius 2 is 1.71 bits per heavy atom. The lowest BCUT2D eigenvalue weighted by Gasteiger charge is -2.25. The molecule has 0 radical (unpaired) electrons. The van der Waals surface area contributed by atoms with Crippen LogP contribution in [0.3, 0.4) is 0 Å². The van der Waals surface area contributed by atoms with Gasteiger partial charge in [-0.05, 0) is 52.2 Å². The molecule has 1 atom stereocenters. The van der Waals surface area contributed by atoms with Gasteiger partial charge in [-0.3, -0.25) is 4.79 Å². The van der Waals surface area contributed by atoms with Crippen LogP contribution in [0.15, 0.2) is 90.0 Å². The lowest BCUT2D eigenvalue weighted by Crippen LogP contribution is -2.42. The molecule has 176 valence electrons. The maximum atomic E-state index is 12.6. The van der Waals surface area contributed by atoms with Crippen LogP contribution in [-0.4, -0.2) is 31.9 Å². The summed E-state index contributed by atoms with van der Waals surface area (Å²) in [7, 11) is 1.58. The Hall–Kier alpha value is -4.52. The molecule has 1 aliphatic rings. The summed E-state index contributed by atoms with van der Waals surface area (Å²) in [6.07, 6.45) is 0.733. The average molecular weight is 469 g/mol. The van der Waals surface area contributed by atoms with E-state index in [-0.39, 0.29) is 6.61 Å². The monoisotopic (exact) mass is 468 g/mol. The molecule has 7 heteroatoms. The molecule has 1 heterocycles. The first-order chi connectivity index (χ1) is 17.2. The molecule has 0 saturated heterocycles. The fourth-order valence-corrected chi connectivity index (χ4v) is 3.75. The molecule has 1 aliphatic heterocycles. The van der Waals surface area contributed by atoms with Crippen molar-refractivity contribution >= 4 is 22.9 Å². The number of hydrazone groups is 1. The quantitative estimate of drug-likeness (QED) is 0.314. The smallest absolute Gasteiger partial charge is 0.284 e. The molecule has 1 unspecified atom stereocenters. The van der Waals surface area contributed by atoms with Crippen LogP contribution in [0, 0.1) is 0 Å². The van der Waals surface area contributed by atoms with Gasteiger partial charge in [0.15, 0.2) is 23.0 Å². The molecule has 0 bridgehead atoms. The standard InChI is InChI=1S/C28H24N2O5/c1-32-24-13-20(11-12-23(24)33-17-19-7-3-2-4-8-19)16-29-30-28(31)27-18-34-25-14-21-9-5-6-10-22(21)15-26(25)35-27/h2-16,27H,17-18H2,1H3,(H,30,31). The van der Waals surface area contributed by atoms with E-state index in [0.717, 1.165) is 21.9 Å². The van der Waals surface area contributed by atoms with Gasteiger partial charge in [-0.15, -0.1) is 0 Å². The summed E-state index contributed by atoms with van der Waals surface area (Å²) in [5, 5.41) is 6.13. The highest BCUT2D eigenvalue weighted by Gasteiger charge is 2.27. The van der Waals surface area contributed by atoms with Crippen LogP contribution in [0.25, 0.3) is 10.8 Å². The van der Waals surface area contributed by atoms with Gasteiger partial charge in [0.1, 0.15) is 13.2 Å². The SMILES string of the molecule is COc1cc(C=NNC(=O)C2COc3cc4ccccc4cc3O2)ccc1OCc1ccccc1. The number of methoxy groups -OCH3 is 1. The second kappa shape index (κ2) is 10.2. The van der Waals surface area contributed by atoms with E-state index < -0.39 is 12.0 Å². The molecule has 1 amide bonds. The van der Waals surface area contributed by atoms with Crippen molar-refractivity contribution in [3.8, 4) is 23.0 Å². The maximum absolute atomic E-state index is 12.6. The lowest BCUT2D eigenvalue weighted by atomic mass is 10.1. The van der Waals surface area contributed by atoms with Gasteiger partial charge in [0.2, 0.25) is 6.10 Å². The average Bonchev–Trinajstić information content (AvgIpc) is 2.91. The van der Waals surface area contributed by atoms with Gasteiger partial charge in [0.05, 0.1) is 13.3 Å². The third kappa shape index (κ3) is 5.19. The first-order valence-electron chi connectivity index (χ1n) is 11.2. The predicted octanol–water partition coefficient (Wildman–Crippen LogP) is 4.72. The largest absolute Gasteiger partial charge is 0.493 e. The first kappa shape index (κ1) is 22.3. The molecule has 7 nitrogen and oxygen atoms in total. The number of fused-ring (bicyclic) bond motifs is 2. The minimum atomic E-state index is -0.802. The summed E-state index contributed by atoms with van der Waals surface area (Å²) in [6, 6.07) is 27.0. The molecular formula is C28H24N2O5. The summed E-state index contributed by atoms with van der Waals surface area (Å²) >= 11 is 0. The van der Waals surface area contributed by atoms with Gasteiger partial charge < -0.3 is 18.9 Å². The van der Waals surface area contributed by atoms with Crippen molar-refractivity contribution in [2.45, 2.75) is 12.7 Å².